The fraction of sp³-hybridized carbons (Fsp3) is 0.480. The zero-order valence-corrected chi connectivity index (χ0v) is 21.5. The molecule has 2 aromatic carbocycles. The number of ketones is 1. The Morgan fingerprint density at radius 1 is 0.973 bits per heavy atom. The molecular weight excluding hydrogens is 508 g/mol. The number of ether oxygens (including phenoxy) is 2. The Morgan fingerprint density at radius 3 is 2.24 bits per heavy atom. The van der Waals surface area contributed by atoms with Crippen molar-refractivity contribution in [3.63, 3.8) is 0 Å². The number of aliphatic hydroxyl groups excluding tert-OH is 4. The lowest BCUT2D eigenvalue weighted by Crippen LogP contribution is -2.60. The molecule has 1 saturated heterocycles. The van der Waals surface area contributed by atoms with E-state index < -0.39 is 53.5 Å². The molecule has 37 heavy (non-hydrogen) atoms. The maximum atomic E-state index is 12.7. The first-order chi connectivity index (χ1) is 17.4. The minimum Gasteiger partial charge on any atom is -0.458 e. The van der Waals surface area contributed by atoms with E-state index in [0.717, 1.165) is 18.1 Å². The van der Waals surface area contributed by atoms with Gasteiger partial charge in [-0.2, -0.15) is 0 Å². The van der Waals surface area contributed by atoms with Crippen molar-refractivity contribution in [2.45, 2.75) is 64.3 Å². The van der Waals surface area contributed by atoms with Crippen LogP contribution < -0.4 is 13.1 Å². The number of carbonyl (C=O) groups excluding carboxylic acids is 1. The lowest BCUT2D eigenvalue weighted by molar-refractivity contribution is -0.277. The van der Waals surface area contributed by atoms with Crippen LogP contribution in [0, 0.1) is 5.92 Å². The molecule has 4 N–H and O–H groups in total. The van der Waals surface area contributed by atoms with Crippen LogP contribution in [0.15, 0.2) is 42.5 Å². The number of Topliss-reactive ketones (excluding diaryl/α,β-unsaturated/α-hetero) is 1. The summed E-state index contributed by atoms with van der Waals surface area (Å²) < 4.78 is 46.5. The summed E-state index contributed by atoms with van der Waals surface area (Å²) in [6.45, 7) is 4.97. The Balaban J connectivity index is 1.91. The van der Waals surface area contributed by atoms with E-state index in [1.54, 1.807) is 12.1 Å². The average molecular weight is 541 g/mol. The standard InChI is InChI=1S/C25H32O11S/c1-4-15-5-8-17(9-6-15)35-37(31,32)36-20-12-16(18(27)11-14(2)3)7-10-19(20)33-25-24(30)23(29)22(28)21(13-26)34-25/h5-10,12,14,21-26,28-30H,4,11,13H2,1-3H3/t21-,22+,23+,24-,25-/m1/s1. The second kappa shape index (κ2) is 12.2. The van der Waals surface area contributed by atoms with Crippen LogP contribution in [0.25, 0.3) is 0 Å². The highest BCUT2D eigenvalue weighted by atomic mass is 32.3. The normalized spacial score (nSPS) is 24.1. The van der Waals surface area contributed by atoms with Gasteiger partial charge in [0.25, 0.3) is 0 Å². The molecule has 0 radical (unpaired) electrons. The van der Waals surface area contributed by atoms with Crippen molar-refractivity contribution in [1.82, 2.24) is 0 Å². The second-order valence-corrected chi connectivity index (χ2v) is 10.2. The Kier molecular flexibility index (Phi) is 9.51. The molecule has 0 amide bonds. The minimum atomic E-state index is -4.71. The summed E-state index contributed by atoms with van der Waals surface area (Å²) in [4.78, 5) is 12.6. The van der Waals surface area contributed by atoms with Gasteiger partial charge in [0.2, 0.25) is 6.29 Å². The van der Waals surface area contributed by atoms with Crippen LogP contribution in [0.3, 0.4) is 0 Å². The molecule has 1 aliphatic heterocycles. The average Bonchev–Trinajstić information content (AvgIpc) is 2.84. The van der Waals surface area contributed by atoms with Crippen molar-refractivity contribution >= 4 is 16.2 Å². The van der Waals surface area contributed by atoms with Gasteiger partial charge in [-0.3, -0.25) is 4.79 Å². The Hall–Kier alpha value is -2.74. The summed E-state index contributed by atoms with van der Waals surface area (Å²) in [6.07, 6.45) is -7.00. The third-order valence-electron chi connectivity index (χ3n) is 5.67. The van der Waals surface area contributed by atoms with Crippen LogP contribution in [0.5, 0.6) is 17.2 Å². The largest absolute Gasteiger partial charge is 0.501 e. The summed E-state index contributed by atoms with van der Waals surface area (Å²) >= 11 is 0. The zero-order chi connectivity index (χ0) is 27.3. The summed E-state index contributed by atoms with van der Waals surface area (Å²) in [6, 6.07) is 10.1. The molecule has 0 bridgehead atoms. The van der Waals surface area contributed by atoms with Gasteiger partial charge in [0.05, 0.1) is 6.61 Å². The van der Waals surface area contributed by atoms with Crippen molar-refractivity contribution in [3.8, 4) is 17.2 Å². The molecular formula is C25H32O11S. The van der Waals surface area contributed by atoms with Crippen LogP contribution in [-0.2, 0) is 21.6 Å². The van der Waals surface area contributed by atoms with Gasteiger partial charge in [0.15, 0.2) is 17.3 Å². The SMILES string of the molecule is CCc1ccc(OS(=O)(=O)Oc2cc(C(=O)CC(C)C)ccc2O[C@@H]2O[C@H](CO)[C@H](O)[C@H](O)[C@H]2O)cc1. The number of aliphatic hydroxyl groups is 4. The van der Waals surface area contributed by atoms with Gasteiger partial charge in [-0.25, -0.2) is 0 Å². The lowest BCUT2D eigenvalue weighted by Gasteiger charge is -2.39. The van der Waals surface area contributed by atoms with Gasteiger partial charge in [-0.05, 0) is 48.2 Å². The monoisotopic (exact) mass is 540 g/mol. The molecule has 1 fully saturated rings. The number of hydrogen-bond acceptors (Lipinski definition) is 11. The van der Waals surface area contributed by atoms with E-state index in [4.69, 9.17) is 17.8 Å². The molecule has 12 heteroatoms. The van der Waals surface area contributed by atoms with E-state index in [9.17, 15) is 33.6 Å². The Labute approximate surface area is 215 Å². The van der Waals surface area contributed by atoms with Gasteiger partial charge in [-0.15, -0.1) is 8.42 Å². The maximum Gasteiger partial charge on any atom is 0.501 e. The van der Waals surface area contributed by atoms with Gasteiger partial charge in [0.1, 0.15) is 30.2 Å². The number of benzene rings is 2. The molecule has 5 atom stereocenters. The molecule has 3 rings (SSSR count). The van der Waals surface area contributed by atoms with Crippen LogP contribution in [0.4, 0.5) is 0 Å². The molecule has 0 saturated carbocycles. The fourth-order valence-corrected chi connectivity index (χ4v) is 4.38. The number of hydrogen-bond donors (Lipinski definition) is 4. The molecule has 11 nitrogen and oxygen atoms in total. The van der Waals surface area contributed by atoms with Gasteiger partial charge < -0.3 is 38.3 Å². The third-order valence-corrected chi connectivity index (χ3v) is 6.45. The molecule has 1 aliphatic rings. The first-order valence-corrected chi connectivity index (χ1v) is 13.1. The molecule has 0 unspecified atom stereocenters. The van der Waals surface area contributed by atoms with Gasteiger partial charge in [0, 0.05) is 12.0 Å². The van der Waals surface area contributed by atoms with E-state index in [1.807, 2.05) is 20.8 Å². The smallest absolute Gasteiger partial charge is 0.458 e. The van der Waals surface area contributed by atoms with E-state index in [0.29, 0.717) is 0 Å². The van der Waals surface area contributed by atoms with Crippen LogP contribution in [-0.4, -0.2) is 71.9 Å². The predicted molar refractivity (Wildman–Crippen MR) is 131 cm³/mol. The molecule has 0 aliphatic carbocycles. The second-order valence-electron chi connectivity index (χ2n) is 9.07. The van der Waals surface area contributed by atoms with E-state index >= 15 is 0 Å². The Morgan fingerprint density at radius 2 is 1.65 bits per heavy atom. The molecule has 0 aromatic heterocycles. The van der Waals surface area contributed by atoms with Crippen LogP contribution in [0.1, 0.15) is 43.1 Å². The number of rotatable bonds is 11. The summed E-state index contributed by atoms with van der Waals surface area (Å²) in [7, 11) is -4.71. The van der Waals surface area contributed by atoms with Crippen molar-refractivity contribution in [2.75, 3.05) is 6.61 Å². The molecule has 204 valence electrons. The van der Waals surface area contributed by atoms with E-state index in [-0.39, 0.29) is 35.2 Å². The first kappa shape index (κ1) is 28.8. The minimum absolute atomic E-state index is 0.000593. The van der Waals surface area contributed by atoms with Gasteiger partial charge >= 0.3 is 10.4 Å². The molecule has 1 heterocycles. The summed E-state index contributed by atoms with van der Waals surface area (Å²) in [5.41, 5.74) is 1.12. The predicted octanol–water partition coefficient (Wildman–Crippen LogP) is 1.36. The van der Waals surface area contributed by atoms with Crippen molar-refractivity contribution in [2.24, 2.45) is 5.92 Å². The highest BCUT2D eigenvalue weighted by Gasteiger charge is 2.45. The van der Waals surface area contributed by atoms with Crippen LogP contribution >= 0.6 is 0 Å². The van der Waals surface area contributed by atoms with Crippen molar-refractivity contribution < 1.29 is 51.5 Å². The van der Waals surface area contributed by atoms with E-state index in [2.05, 4.69) is 0 Å². The number of aryl methyl sites for hydroxylation is 1. The summed E-state index contributed by atoms with van der Waals surface area (Å²) in [5.74, 6) is -0.927. The molecule has 2 aromatic rings. The quantitative estimate of drug-likeness (QED) is 0.304. The first-order valence-electron chi connectivity index (χ1n) is 11.8. The van der Waals surface area contributed by atoms with Gasteiger partial charge in [-0.1, -0.05) is 32.9 Å². The number of carbonyl (C=O) groups is 1. The van der Waals surface area contributed by atoms with E-state index in [1.165, 1.54) is 24.3 Å². The maximum absolute atomic E-state index is 12.7. The molecule has 0 spiro atoms. The lowest BCUT2D eigenvalue weighted by atomic mass is 9.99. The zero-order valence-electron chi connectivity index (χ0n) is 20.7. The van der Waals surface area contributed by atoms with Crippen LogP contribution in [0.2, 0.25) is 0 Å². The van der Waals surface area contributed by atoms with Crippen molar-refractivity contribution in [3.05, 3.63) is 53.6 Å². The highest BCUT2D eigenvalue weighted by Crippen LogP contribution is 2.34. The fourth-order valence-electron chi connectivity index (χ4n) is 3.65. The Bertz CT molecular complexity index is 1160. The third kappa shape index (κ3) is 7.40. The summed E-state index contributed by atoms with van der Waals surface area (Å²) in [5, 5.41) is 39.7. The highest BCUT2D eigenvalue weighted by molar-refractivity contribution is 7.82. The van der Waals surface area contributed by atoms with Crippen molar-refractivity contribution in [1.29, 1.82) is 0 Å². The topological polar surface area (TPSA) is 169 Å².